The van der Waals surface area contributed by atoms with Crippen LogP contribution in [0.2, 0.25) is 0 Å². The minimum atomic E-state index is 0.254. The summed E-state index contributed by atoms with van der Waals surface area (Å²) in [5.41, 5.74) is 0. The van der Waals surface area contributed by atoms with Crippen molar-refractivity contribution in [3.63, 3.8) is 0 Å². The van der Waals surface area contributed by atoms with Crippen molar-refractivity contribution in [1.82, 2.24) is 9.97 Å². The van der Waals surface area contributed by atoms with Gasteiger partial charge >= 0.3 is 0 Å². The highest BCUT2D eigenvalue weighted by molar-refractivity contribution is 7.10. The molecule has 0 radical (unpaired) electrons. The van der Waals surface area contributed by atoms with Gasteiger partial charge in [-0.25, -0.2) is 9.97 Å². The fourth-order valence-electron chi connectivity index (χ4n) is 1.90. The molecule has 1 atom stereocenters. The summed E-state index contributed by atoms with van der Waals surface area (Å²) in [7, 11) is 0. The molecule has 0 bridgehead atoms. The number of aromatic nitrogens is 2. The highest BCUT2D eigenvalue weighted by Gasteiger charge is 2.17. The van der Waals surface area contributed by atoms with E-state index < -0.39 is 0 Å². The van der Waals surface area contributed by atoms with Crippen molar-refractivity contribution in [1.29, 1.82) is 0 Å². The average Bonchev–Trinajstić information content (AvgIpc) is 2.96. The number of hydrogen-bond donors (Lipinski definition) is 1. The van der Waals surface area contributed by atoms with Gasteiger partial charge in [0.05, 0.1) is 12.6 Å². The van der Waals surface area contributed by atoms with Gasteiger partial charge in [0.15, 0.2) is 0 Å². The zero-order valence-corrected chi connectivity index (χ0v) is 13.0. The van der Waals surface area contributed by atoms with Gasteiger partial charge in [-0.15, -0.1) is 11.3 Å². The van der Waals surface area contributed by atoms with Gasteiger partial charge in [0.1, 0.15) is 12.1 Å². The standard InChI is InChI=1S/C15H21N3OS/c1-4-7-19-14-9-13(16-10-17-14)18-15(11(2)3)12-6-5-8-20-12/h5-6,8-11,15H,4,7H2,1-3H3,(H,16,17,18). The second-order valence-electron chi connectivity index (χ2n) is 4.97. The molecule has 0 aliphatic rings. The molecule has 0 saturated heterocycles. The van der Waals surface area contributed by atoms with E-state index in [1.807, 2.05) is 6.07 Å². The van der Waals surface area contributed by atoms with E-state index in [0.29, 0.717) is 18.4 Å². The van der Waals surface area contributed by atoms with E-state index in [4.69, 9.17) is 4.74 Å². The molecular formula is C15H21N3OS. The predicted octanol–water partition coefficient (Wildman–Crippen LogP) is 4.14. The summed E-state index contributed by atoms with van der Waals surface area (Å²) in [5, 5.41) is 5.58. The Bertz CT molecular complexity index is 514. The summed E-state index contributed by atoms with van der Waals surface area (Å²) in [6.45, 7) is 7.15. The third kappa shape index (κ3) is 3.93. The van der Waals surface area contributed by atoms with Gasteiger partial charge in [-0.05, 0) is 23.8 Å². The Morgan fingerprint density at radius 1 is 1.35 bits per heavy atom. The van der Waals surface area contributed by atoms with Crippen LogP contribution in [0.25, 0.3) is 0 Å². The number of ether oxygens (including phenoxy) is 1. The monoisotopic (exact) mass is 291 g/mol. The van der Waals surface area contributed by atoms with Crippen LogP contribution in [0, 0.1) is 5.92 Å². The molecule has 0 fully saturated rings. The van der Waals surface area contributed by atoms with Gasteiger partial charge in [0.2, 0.25) is 5.88 Å². The minimum absolute atomic E-state index is 0.254. The molecule has 2 heterocycles. The lowest BCUT2D eigenvalue weighted by atomic mass is 10.0. The maximum atomic E-state index is 5.54. The Morgan fingerprint density at radius 2 is 2.20 bits per heavy atom. The first-order chi connectivity index (χ1) is 9.70. The van der Waals surface area contributed by atoms with Crippen LogP contribution in [-0.4, -0.2) is 16.6 Å². The van der Waals surface area contributed by atoms with Gasteiger partial charge in [-0.1, -0.05) is 26.8 Å². The van der Waals surface area contributed by atoms with Crippen molar-refractivity contribution in [3.05, 3.63) is 34.8 Å². The average molecular weight is 291 g/mol. The molecule has 20 heavy (non-hydrogen) atoms. The summed E-state index contributed by atoms with van der Waals surface area (Å²) in [4.78, 5) is 9.72. The second kappa shape index (κ2) is 7.24. The number of rotatable bonds is 7. The molecule has 0 amide bonds. The van der Waals surface area contributed by atoms with Crippen LogP contribution < -0.4 is 10.1 Å². The lowest BCUT2D eigenvalue weighted by Gasteiger charge is -2.21. The van der Waals surface area contributed by atoms with Gasteiger partial charge < -0.3 is 10.1 Å². The van der Waals surface area contributed by atoms with Crippen LogP contribution in [-0.2, 0) is 0 Å². The summed E-state index contributed by atoms with van der Waals surface area (Å²) in [5.74, 6) is 1.90. The molecule has 0 spiro atoms. The second-order valence-corrected chi connectivity index (χ2v) is 5.95. The molecule has 2 rings (SSSR count). The topological polar surface area (TPSA) is 47.0 Å². The van der Waals surface area contributed by atoms with Crippen molar-refractivity contribution in [2.24, 2.45) is 5.92 Å². The van der Waals surface area contributed by atoms with E-state index in [2.05, 4.69) is 53.6 Å². The molecule has 1 unspecified atom stereocenters. The first-order valence-electron chi connectivity index (χ1n) is 6.95. The molecule has 1 N–H and O–H groups in total. The van der Waals surface area contributed by atoms with Crippen LogP contribution in [0.3, 0.4) is 0 Å². The van der Waals surface area contributed by atoms with Gasteiger partial charge in [0.25, 0.3) is 0 Å². The molecule has 5 heteroatoms. The third-order valence-corrected chi connectivity index (χ3v) is 3.87. The first kappa shape index (κ1) is 14.8. The van der Waals surface area contributed by atoms with Gasteiger partial charge in [-0.3, -0.25) is 0 Å². The largest absolute Gasteiger partial charge is 0.478 e. The predicted molar refractivity (Wildman–Crippen MR) is 83.3 cm³/mol. The van der Waals surface area contributed by atoms with E-state index in [0.717, 1.165) is 12.2 Å². The summed E-state index contributed by atoms with van der Waals surface area (Å²) in [6.07, 6.45) is 2.51. The lowest BCUT2D eigenvalue weighted by Crippen LogP contribution is -2.16. The number of anilines is 1. The first-order valence-corrected chi connectivity index (χ1v) is 7.83. The Morgan fingerprint density at radius 3 is 2.85 bits per heavy atom. The van der Waals surface area contributed by atoms with Crippen molar-refractivity contribution < 1.29 is 4.74 Å². The number of hydrogen-bond acceptors (Lipinski definition) is 5. The Labute approximate surface area is 124 Å². The maximum absolute atomic E-state index is 5.54. The van der Waals surface area contributed by atoms with Crippen LogP contribution in [0.4, 0.5) is 5.82 Å². The van der Waals surface area contributed by atoms with Gasteiger partial charge in [0, 0.05) is 10.9 Å². The van der Waals surface area contributed by atoms with Crippen LogP contribution in [0.1, 0.15) is 38.1 Å². The minimum Gasteiger partial charge on any atom is -0.478 e. The number of thiophene rings is 1. The molecule has 0 aromatic carbocycles. The smallest absolute Gasteiger partial charge is 0.218 e. The maximum Gasteiger partial charge on any atom is 0.218 e. The van der Waals surface area contributed by atoms with E-state index >= 15 is 0 Å². The summed E-state index contributed by atoms with van der Waals surface area (Å²) in [6, 6.07) is 6.34. The van der Waals surface area contributed by atoms with Crippen LogP contribution in [0.15, 0.2) is 29.9 Å². The molecule has 2 aromatic rings. The Kier molecular flexibility index (Phi) is 5.35. The highest BCUT2D eigenvalue weighted by Crippen LogP contribution is 2.29. The zero-order chi connectivity index (χ0) is 14.4. The zero-order valence-electron chi connectivity index (χ0n) is 12.2. The number of nitrogens with zero attached hydrogens (tertiary/aromatic N) is 2. The van der Waals surface area contributed by atoms with Crippen molar-refractivity contribution in [2.45, 2.75) is 33.2 Å². The van der Waals surface area contributed by atoms with E-state index in [9.17, 15) is 0 Å². The molecule has 0 saturated carbocycles. The summed E-state index contributed by atoms with van der Waals surface area (Å²) >= 11 is 1.76. The SMILES string of the molecule is CCCOc1cc(NC(c2cccs2)C(C)C)ncn1. The lowest BCUT2D eigenvalue weighted by molar-refractivity contribution is 0.305. The van der Waals surface area contributed by atoms with Gasteiger partial charge in [-0.2, -0.15) is 0 Å². The summed E-state index contributed by atoms with van der Waals surface area (Å²) < 4.78 is 5.54. The van der Waals surface area contributed by atoms with E-state index in [1.54, 1.807) is 17.7 Å². The van der Waals surface area contributed by atoms with Crippen molar-refractivity contribution in [3.8, 4) is 5.88 Å². The van der Waals surface area contributed by atoms with Crippen LogP contribution in [0.5, 0.6) is 5.88 Å². The fourth-order valence-corrected chi connectivity index (χ4v) is 2.85. The Balaban J connectivity index is 2.10. The van der Waals surface area contributed by atoms with E-state index in [-0.39, 0.29) is 6.04 Å². The van der Waals surface area contributed by atoms with E-state index in [1.165, 1.54) is 4.88 Å². The van der Waals surface area contributed by atoms with Crippen LogP contribution >= 0.6 is 11.3 Å². The van der Waals surface area contributed by atoms with Crippen molar-refractivity contribution >= 4 is 17.2 Å². The quantitative estimate of drug-likeness (QED) is 0.833. The number of nitrogens with one attached hydrogen (secondary N) is 1. The Hall–Kier alpha value is -1.62. The molecule has 108 valence electrons. The molecule has 0 aliphatic carbocycles. The van der Waals surface area contributed by atoms with Crippen molar-refractivity contribution in [2.75, 3.05) is 11.9 Å². The fraction of sp³-hybridized carbons (Fsp3) is 0.467. The molecule has 2 aromatic heterocycles. The molecular weight excluding hydrogens is 270 g/mol. The molecule has 4 nitrogen and oxygen atoms in total. The molecule has 0 aliphatic heterocycles. The third-order valence-electron chi connectivity index (χ3n) is 2.92. The normalized spacial score (nSPS) is 12.4. The highest BCUT2D eigenvalue weighted by atomic mass is 32.1.